The lowest BCUT2D eigenvalue weighted by Gasteiger charge is -2.17. The summed E-state index contributed by atoms with van der Waals surface area (Å²) in [6, 6.07) is 11.2. The highest BCUT2D eigenvalue weighted by molar-refractivity contribution is 9.10. The highest BCUT2D eigenvalue weighted by atomic mass is 79.9. The number of carbonyl (C=O) groups excluding carboxylic acids is 1. The Bertz CT molecular complexity index is 569. The number of aryl methyl sites for hydroxylation is 1. The minimum Gasteiger partial charge on any atom is -0.296 e. The Morgan fingerprint density at radius 2 is 2.06 bits per heavy atom. The SMILES string of the molecule is Cc1ccc(Br)c(C(=O)N(C)c2ccccn2)c1. The predicted molar refractivity (Wildman–Crippen MR) is 75.8 cm³/mol. The largest absolute Gasteiger partial charge is 0.296 e. The number of anilines is 1. The van der Waals surface area contributed by atoms with Gasteiger partial charge in [-0.15, -0.1) is 0 Å². The van der Waals surface area contributed by atoms with Crippen molar-refractivity contribution in [2.75, 3.05) is 11.9 Å². The molecule has 0 fully saturated rings. The Kier molecular flexibility index (Phi) is 3.77. The number of halogens is 1. The van der Waals surface area contributed by atoms with E-state index < -0.39 is 0 Å². The van der Waals surface area contributed by atoms with Gasteiger partial charge >= 0.3 is 0 Å². The van der Waals surface area contributed by atoms with Crippen LogP contribution in [0.3, 0.4) is 0 Å². The standard InChI is InChI=1S/C14H13BrN2O/c1-10-6-7-12(15)11(9-10)14(18)17(2)13-5-3-4-8-16-13/h3-9H,1-2H3. The zero-order valence-electron chi connectivity index (χ0n) is 10.2. The van der Waals surface area contributed by atoms with E-state index >= 15 is 0 Å². The third kappa shape index (κ3) is 2.59. The van der Waals surface area contributed by atoms with Gasteiger partial charge in [-0.2, -0.15) is 0 Å². The molecule has 1 aromatic heterocycles. The minimum atomic E-state index is -0.0794. The third-order valence-electron chi connectivity index (χ3n) is 2.65. The van der Waals surface area contributed by atoms with E-state index in [1.54, 1.807) is 18.1 Å². The molecule has 0 aliphatic heterocycles. The molecule has 1 heterocycles. The van der Waals surface area contributed by atoms with Crippen molar-refractivity contribution in [3.8, 4) is 0 Å². The summed E-state index contributed by atoms with van der Waals surface area (Å²) in [6.07, 6.45) is 1.67. The molecule has 4 heteroatoms. The molecule has 0 N–H and O–H groups in total. The van der Waals surface area contributed by atoms with E-state index in [1.165, 1.54) is 0 Å². The number of hydrogen-bond donors (Lipinski definition) is 0. The Morgan fingerprint density at radius 1 is 1.28 bits per heavy atom. The Balaban J connectivity index is 2.34. The number of rotatable bonds is 2. The zero-order valence-corrected chi connectivity index (χ0v) is 11.8. The summed E-state index contributed by atoms with van der Waals surface area (Å²) < 4.78 is 0.792. The molecule has 0 aliphatic rings. The molecular weight excluding hydrogens is 292 g/mol. The van der Waals surface area contributed by atoms with E-state index in [4.69, 9.17) is 0 Å². The molecule has 2 rings (SSSR count). The van der Waals surface area contributed by atoms with Crippen LogP contribution in [0.15, 0.2) is 47.1 Å². The monoisotopic (exact) mass is 304 g/mol. The summed E-state index contributed by atoms with van der Waals surface area (Å²) in [5.41, 5.74) is 1.69. The van der Waals surface area contributed by atoms with Gasteiger partial charge in [-0.25, -0.2) is 4.98 Å². The predicted octanol–water partition coefficient (Wildman–Crippen LogP) is 3.43. The smallest absolute Gasteiger partial charge is 0.260 e. The second kappa shape index (κ2) is 5.31. The molecule has 1 aromatic carbocycles. The van der Waals surface area contributed by atoms with Crippen molar-refractivity contribution < 1.29 is 4.79 Å². The summed E-state index contributed by atoms with van der Waals surface area (Å²) in [6.45, 7) is 1.96. The fraction of sp³-hybridized carbons (Fsp3) is 0.143. The second-order valence-corrected chi connectivity index (χ2v) is 4.89. The van der Waals surface area contributed by atoms with Crippen LogP contribution in [0.1, 0.15) is 15.9 Å². The van der Waals surface area contributed by atoms with Crippen LogP contribution in [0.4, 0.5) is 5.82 Å². The lowest BCUT2D eigenvalue weighted by atomic mass is 10.1. The number of carbonyl (C=O) groups is 1. The summed E-state index contributed by atoms with van der Waals surface area (Å²) >= 11 is 3.40. The number of pyridine rings is 1. The lowest BCUT2D eigenvalue weighted by molar-refractivity contribution is 0.0991. The fourth-order valence-corrected chi connectivity index (χ4v) is 2.06. The Morgan fingerprint density at radius 3 is 2.72 bits per heavy atom. The fourth-order valence-electron chi connectivity index (χ4n) is 1.64. The molecule has 2 aromatic rings. The quantitative estimate of drug-likeness (QED) is 0.851. The molecule has 0 saturated heterocycles. The molecule has 1 amide bonds. The van der Waals surface area contributed by atoms with Gasteiger partial charge in [0.05, 0.1) is 5.56 Å². The van der Waals surface area contributed by atoms with Crippen molar-refractivity contribution in [2.24, 2.45) is 0 Å². The van der Waals surface area contributed by atoms with Crippen LogP contribution in [0, 0.1) is 6.92 Å². The van der Waals surface area contributed by atoms with Gasteiger partial charge in [0.15, 0.2) is 0 Å². The van der Waals surface area contributed by atoms with Crippen LogP contribution >= 0.6 is 15.9 Å². The second-order valence-electron chi connectivity index (χ2n) is 4.04. The van der Waals surface area contributed by atoms with Crippen LogP contribution in [-0.2, 0) is 0 Å². The number of benzene rings is 1. The van der Waals surface area contributed by atoms with Crippen molar-refractivity contribution in [3.05, 3.63) is 58.2 Å². The maximum Gasteiger partial charge on any atom is 0.260 e. The van der Waals surface area contributed by atoms with Crippen molar-refractivity contribution in [2.45, 2.75) is 6.92 Å². The molecule has 3 nitrogen and oxygen atoms in total. The lowest BCUT2D eigenvalue weighted by Crippen LogP contribution is -2.27. The molecule has 0 unspecified atom stereocenters. The van der Waals surface area contributed by atoms with Crippen LogP contribution < -0.4 is 4.90 Å². The van der Waals surface area contributed by atoms with Crippen LogP contribution in [0.25, 0.3) is 0 Å². The zero-order chi connectivity index (χ0) is 13.1. The van der Waals surface area contributed by atoms with E-state index in [0.717, 1.165) is 10.0 Å². The van der Waals surface area contributed by atoms with Gasteiger partial charge in [-0.05, 0) is 47.1 Å². The number of amides is 1. The van der Waals surface area contributed by atoms with Gasteiger partial charge in [-0.1, -0.05) is 17.7 Å². The van der Waals surface area contributed by atoms with Crippen LogP contribution in [0.2, 0.25) is 0 Å². The highest BCUT2D eigenvalue weighted by Gasteiger charge is 2.16. The summed E-state index contributed by atoms with van der Waals surface area (Å²) in [7, 11) is 1.72. The van der Waals surface area contributed by atoms with Gasteiger partial charge in [0.25, 0.3) is 5.91 Å². The van der Waals surface area contributed by atoms with Crippen molar-refractivity contribution in [1.29, 1.82) is 0 Å². The summed E-state index contributed by atoms with van der Waals surface area (Å²) in [5.74, 6) is 0.556. The van der Waals surface area contributed by atoms with Crippen molar-refractivity contribution in [3.63, 3.8) is 0 Å². The molecule has 0 bridgehead atoms. The van der Waals surface area contributed by atoms with Gasteiger partial charge < -0.3 is 0 Å². The van der Waals surface area contributed by atoms with Crippen molar-refractivity contribution >= 4 is 27.7 Å². The maximum atomic E-state index is 12.4. The molecule has 0 saturated carbocycles. The first kappa shape index (κ1) is 12.8. The molecule has 0 aliphatic carbocycles. The minimum absolute atomic E-state index is 0.0794. The van der Waals surface area contributed by atoms with E-state index in [1.807, 2.05) is 43.3 Å². The Hall–Kier alpha value is -1.68. The third-order valence-corrected chi connectivity index (χ3v) is 3.34. The van der Waals surface area contributed by atoms with E-state index in [0.29, 0.717) is 11.4 Å². The van der Waals surface area contributed by atoms with Crippen LogP contribution in [-0.4, -0.2) is 17.9 Å². The molecule has 0 spiro atoms. The maximum absolute atomic E-state index is 12.4. The topological polar surface area (TPSA) is 33.2 Å². The number of nitrogens with zero attached hydrogens (tertiary/aromatic N) is 2. The first-order valence-corrected chi connectivity index (χ1v) is 6.34. The first-order chi connectivity index (χ1) is 8.59. The molecule has 0 radical (unpaired) electrons. The molecule has 18 heavy (non-hydrogen) atoms. The van der Waals surface area contributed by atoms with Crippen LogP contribution in [0.5, 0.6) is 0 Å². The normalized spacial score (nSPS) is 10.2. The van der Waals surface area contributed by atoms with E-state index in [2.05, 4.69) is 20.9 Å². The molecular formula is C14H13BrN2O. The molecule has 92 valence electrons. The highest BCUT2D eigenvalue weighted by Crippen LogP contribution is 2.21. The van der Waals surface area contributed by atoms with E-state index in [-0.39, 0.29) is 5.91 Å². The average molecular weight is 305 g/mol. The van der Waals surface area contributed by atoms with Gasteiger partial charge in [0.2, 0.25) is 0 Å². The summed E-state index contributed by atoms with van der Waals surface area (Å²) in [4.78, 5) is 18.1. The summed E-state index contributed by atoms with van der Waals surface area (Å²) in [5, 5.41) is 0. The van der Waals surface area contributed by atoms with E-state index in [9.17, 15) is 4.79 Å². The Labute approximate surface area is 115 Å². The number of hydrogen-bond acceptors (Lipinski definition) is 2. The van der Waals surface area contributed by atoms with Gasteiger partial charge in [0, 0.05) is 17.7 Å². The van der Waals surface area contributed by atoms with Crippen molar-refractivity contribution in [1.82, 2.24) is 4.98 Å². The average Bonchev–Trinajstić information content (AvgIpc) is 2.41. The van der Waals surface area contributed by atoms with Gasteiger partial charge in [-0.3, -0.25) is 9.69 Å². The first-order valence-electron chi connectivity index (χ1n) is 5.55. The number of aromatic nitrogens is 1. The molecule has 0 atom stereocenters. The van der Waals surface area contributed by atoms with Gasteiger partial charge in [0.1, 0.15) is 5.82 Å².